The van der Waals surface area contributed by atoms with Crippen LogP contribution in [0.2, 0.25) is 0 Å². The van der Waals surface area contributed by atoms with Gasteiger partial charge in [0.05, 0.1) is 19.3 Å². The zero-order valence-electron chi connectivity index (χ0n) is 8.12. The number of rotatable bonds is 7. The summed E-state index contributed by atoms with van der Waals surface area (Å²) in [5, 5.41) is 8.79. The zero-order valence-corrected chi connectivity index (χ0v) is 8.12. The number of hydrogen-bond donors (Lipinski definition) is 1. The molecule has 72 valence electrons. The van der Waals surface area contributed by atoms with E-state index < -0.39 is 0 Å². The first-order valence-corrected chi connectivity index (χ1v) is 4.63. The van der Waals surface area contributed by atoms with Crippen LogP contribution in [-0.2, 0) is 4.74 Å². The number of aliphatic hydroxyl groups excluding tert-OH is 1. The molecule has 1 unspecified atom stereocenters. The van der Waals surface area contributed by atoms with Gasteiger partial charge in [-0.3, -0.25) is 0 Å². The molecule has 0 aliphatic heterocycles. The molecule has 0 heterocycles. The molecule has 1 atom stereocenters. The van der Waals surface area contributed by atoms with Crippen LogP contribution in [0.3, 0.4) is 0 Å². The fraction of sp³-hybridized carbons (Fsp3) is 0.800. The third kappa shape index (κ3) is 4.52. The molecule has 0 aliphatic carbocycles. The van der Waals surface area contributed by atoms with Crippen molar-refractivity contribution in [2.45, 2.75) is 32.8 Å². The second-order valence-corrected chi connectivity index (χ2v) is 2.97. The minimum Gasteiger partial charge on any atom is -0.393 e. The van der Waals surface area contributed by atoms with E-state index in [1.807, 2.05) is 0 Å². The Morgan fingerprint density at radius 2 is 2.00 bits per heavy atom. The lowest BCUT2D eigenvalue weighted by atomic mass is 10.1. The Morgan fingerprint density at radius 3 is 2.33 bits per heavy atom. The molecule has 2 nitrogen and oxygen atoms in total. The normalized spacial score (nSPS) is 13.3. The first-order chi connectivity index (χ1) is 5.78. The molecule has 0 saturated heterocycles. The van der Waals surface area contributed by atoms with Gasteiger partial charge in [-0.2, -0.15) is 0 Å². The second kappa shape index (κ2) is 7.32. The van der Waals surface area contributed by atoms with Gasteiger partial charge in [0.25, 0.3) is 0 Å². The van der Waals surface area contributed by atoms with Crippen molar-refractivity contribution in [3.05, 3.63) is 12.7 Å². The molecule has 0 fully saturated rings. The maximum atomic E-state index is 8.79. The molecule has 0 saturated carbocycles. The molecule has 0 radical (unpaired) electrons. The topological polar surface area (TPSA) is 29.5 Å². The van der Waals surface area contributed by atoms with E-state index in [9.17, 15) is 0 Å². The smallest absolute Gasteiger partial charge is 0.0984 e. The lowest BCUT2D eigenvalue weighted by molar-refractivity contribution is 0.0214. The summed E-state index contributed by atoms with van der Waals surface area (Å²) >= 11 is 0. The van der Waals surface area contributed by atoms with E-state index in [-0.39, 0.29) is 12.7 Å². The van der Waals surface area contributed by atoms with E-state index in [0.717, 1.165) is 19.4 Å². The third-order valence-electron chi connectivity index (χ3n) is 2.14. The maximum absolute atomic E-state index is 8.79. The second-order valence-electron chi connectivity index (χ2n) is 2.97. The molecule has 2 heteroatoms. The van der Waals surface area contributed by atoms with Crippen LogP contribution >= 0.6 is 0 Å². The summed E-state index contributed by atoms with van der Waals surface area (Å²) in [5.74, 6) is 0.610. The molecular weight excluding hydrogens is 152 g/mol. The first-order valence-electron chi connectivity index (χ1n) is 4.63. The highest BCUT2D eigenvalue weighted by atomic mass is 16.5. The van der Waals surface area contributed by atoms with Crippen LogP contribution < -0.4 is 0 Å². The van der Waals surface area contributed by atoms with E-state index in [0.29, 0.717) is 5.92 Å². The van der Waals surface area contributed by atoms with Crippen LogP contribution in [0.15, 0.2) is 12.7 Å². The van der Waals surface area contributed by atoms with Crippen molar-refractivity contribution < 1.29 is 9.84 Å². The molecule has 0 bridgehead atoms. The molecule has 0 aromatic carbocycles. The summed E-state index contributed by atoms with van der Waals surface area (Å²) < 4.78 is 5.42. The molecule has 12 heavy (non-hydrogen) atoms. The Morgan fingerprint density at radius 1 is 1.42 bits per heavy atom. The molecule has 0 aromatic heterocycles. The van der Waals surface area contributed by atoms with Gasteiger partial charge in [0.2, 0.25) is 0 Å². The molecule has 0 aliphatic rings. The molecule has 0 rings (SSSR count). The van der Waals surface area contributed by atoms with Crippen molar-refractivity contribution in [3.8, 4) is 0 Å². The van der Waals surface area contributed by atoms with E-state index in [2.05, 4.69) is 20.4 Å². The van der Waals surface area contributed by atoms with Gasteiger partial charge in [0, 0.05) is 0 Å². The summed E-state index contributed by atoms with van der Waals surface area (Å²) in [4.78, 5) is 0. The van der Waals surface area contributed by atoms with Crippen LogP contribution in [0, 0.1) is 5.92 Å². The summed E-state index contributed by atoms with van der Waals surface area (Å²) in [6.45, 7) is 8.64. The fourth-order valence-corrected chi connectivity index (χ4v) is 0.979. The van der Waals surface area contributed by atoms with E-state index >= 15 is 0 Å². The number of hydrogen-bond acceptors (Lipinski definition) is 2. The van der Waals surface area contributed by atoms with Crippen molar-refractivity contribution in [1.29, 1.82) is 0 Å². The molecule has 0 spiro atoms. The summed E-state index contributed by atoms with van der Waals surface area (Å²) in [6, 6.07) is 0. The summed E-state index contributed by atoms with van der Waals surface area (Å²) in [7, 11) is 0. The van der Waals surface area contributed by atoms with Gasteiger partial charge in [-0.25, -0.2) is 0 Å². The Kier molecular flexibility index (Phi) is 7.11. The van der Waals surface area contributed by atoms with E-state index in [1.54, 1.807) is 6.08 Å². The molecular formula is C10H20O2. The van der Waals surface area contributed by atoms with Gasteiger partial charge >= 0.3 is 0 Å². The van der Waals surface area contributed by atoms with Crippen LogP contribution in [0.4, 0.5) is 0 Å². The minimum atomic E-state index is -0.189. The maximum Gasteiger partial charge on any atom is 0.0984 e. The van der Waals surface area contributed by atoms with Gasteiger partial charge in [0.15, 0.2) is 0 Å². The van der Waals surface area contributed by atoms with Gasteiger partial charge in [-0.05, 0) is 5.92 Å². The Balaban J connectivity index is 3.55. The SMILES string of the molecule is C=CC(CO)OCC(CC)CC. The van der Waals surface area contributed by atoms with E-state index in [1.165, 1.54) is 0 Å². The average Bonchev–Trinajstić information content (AvgIpc) is 2.13. The van der Waals surface area contributed by atoms with Crippen molar-refractivity contribution in [2.75, 3.05) is 13.2 Å². The standard InChI is InChI=1S/C10H20O2/c1-4-9(5-2)8-12-10(6-3)7-11/h6,9-11H,3-5,7-8H2,1-2H3. The highest BCUT2D eigenvalue weighted by Crippen LogP contribution is 2.08. The first kappa shape index (κ1) is 11.7. The van der Waals surface area contributed by atoms with Crippen molar-refractivity contribution in [3.63, 3.8) is 0 Å². The summed E-state index contributed by atoms with van der Waals surface area (Å²) in [5.41, 5.74) is 0. The van der Waals surface area contributed by atoms with Gasteiger partial charge in [-0.1, -0.05) is 32.8 Å². The minimum absolute atomic E-state index is 0.0314. The molecule has 0 amide bonds. The monoisotopic (exact) mass is 172 g/mol. The van der Waals surface area contributed by atoms with Gasteiger partial charge < -0.3 is 9.84 Å². The Labute approximate surface area is 75.2 Å². The quantitative estimate of drug-likeness (QED) is 0.595. The lowest BCUT2D eigenvalue weighted by Crippen LogP contribution is -2.19. The van der Waals surface area contributed by atoms with Crippen LogP contribution in [0.5, 0.6) is 0 Å². The third-order valence-corrected chi connectivity index (χ3v) is 2.14. The van der Waals surface area contributed by atoms with Gasteiger partial charge in [-0.15, -0.1) is 6.58 Å². The molecule has 1 N–H and O–H groups in total. The van der Waals surface area contributed by atoms with Crippen molar-refractivity contribution >= 4 is 0 Å². The average molecular weight is 172 g/mol. The fourth-order valence-electron chi connectivity index (χ4n) is 0.979. The largest absolute Gasteiger partial charge is 0.393 e. The Hall–Kier alpha value is -0.340. The predicted octanol–water partition coefficient (Wildman–Crippen LogP) is 1.99. The van der Waals surface area contributed by atoms with Crippen molar-refractivity contribution in [2.24, 2.45) is 5.92 Å². The number of ether oxygens (including phenoxy) is 1. The predicted molar refractivity (Wildman–Crippen MR) is 51.1 cm³/mol. The van der Waals surface area contributed by atoms with Crippen LogP contribution in [0.1, 0.15) is 26.7 Å². The Bertz CT molecular complexity index is 108. The highest BCUT2D eigenvalue weighted by molar-refractivity contribution is 4.79. The summed E-state index contributed by atoms with van der Waals surface area (Å²) in [6.07, 6.45) is 3.71. The zero-order chi connectivity index (χ0) is 9.40. The highest BCUT2D eigenvalue weighted by Gasteiger charge is 2.07. The van der Waals surface area contributed by atoms with Gasteiger partial charge in [0.1, 0.15) is 0 Å². The van der Waals surface area contributed by atoms with E-state index in [4.69, 9.17) is 9.84 Å². The van der Waals surface area contributed by atoms with Crippen LogP contribution in [0.25, 0.3) is 0 Å². The number of aliphatic hydroxyl groups is 1. The molecule has 0 aromatic rings. The lowest BCUT2D eigenvalue weighted by Gasteiger charge is -2.16. The van der Waals surface area contributed by atoms with Crippen LogP contribution in [-0.4, -0.2) is 24.4 Å². The van der Waals surface area contributed by atoms with Crippen molar-refractivity contribution in [1.82, 2.24) is 0 Å².